The molecular formula is C32H26BrN5O3S. The summed E-state index contributed by atoms with van der Waals surface area (Å²) >= 11 is 4.95. The van der Waals surface area contributed by atoms with Gasteiger partial charge in [-0.3, -0.25) is 9.59 Å². The molecule has 0 saturated carbocycles. The number of thiazole rings is 1. The summed E-state index contributed by atoms with van der Waals surface area (Å²) in [4.78, 5) is 29.7. The van der Waals surface area contributed by atoms with Gasteiger partial charge >= 0.3 is 0 Å². The van der Waals surface area contributed by atoms with Gasteiger partial charge in [-0.25, -0.2) is 10.4 Å². The Morgan fingerprint density at radius 3 is 2.52 bits per heavy atom. The average molecular weight is 641 g/mol. The van der Waals surface area contributed by atoms with Crippen molar-refractivity contribution in [2.75, 3.05) is 17.2 Å². The Labute approximate surface area is 255 Å². The minimum absolute atomic E-state index is 0.183. The van der Waals surface area contributed by atoms with Crippen molar-refractivity contribution in [3.05, 3.63) is 124 Å². The lowest BCUT2D eigenvalue weighted by molar-refractivity contribution is -0.118. The summed E-state index contributed by atoms with van der Waals surface area (Å²) in [5.41, 5.74) is 8.02. The molecule has 42 heavy (non-hydrogen) atoms. The van der Waals surface area contributed by atoms with Crippen LogP contribution in [-0.4, -0.2) is 29.6 Å². The molecule has 0 aliphatic heterocycles. The summed E-state index contributed by atoms with van der Waals surface area (Å²) in [6, 6.07) is 29.8. The van der Waals surface area contributed by atoms with E-state index in [-0.39, 0.29) is 18.4 Å². The molecule has 8 nitrogen and oxygen atoms in total. The van der Waals surface area contributed by atoms with Crippen LogP contribution in [0.1, 0.15) is 21.5 Å². The molecule has 0 unspecified atom stereocenters. The highest BCUT2D eigenvalue weighted by Gasteiger charge is 2.10. The highest BCUT2D eigenvalue weighted by molar-refractivity contribution is 9.10. The van der Waals surface area contributed by atoms with E-state index in [2.05, 4.69) is 42.1 Å². The van der Waals surface area contributed by atoms with E-state index in [4.69, 9.17) is 4.74 Å². The first-order valence-electron chi connectivity index (χ1n) is 12.9. The Bertz CT molecular complexity index is 1720. The summed E-state index contributed by atoms with van der Waals surface area (Å²) < 4.78 is 6.54. The number of hydrogen-bond acceptors (Lipinski definition) is 7. The summed E-state index contributed by atoms with van der Waals surface area (Å²) in [6.07, 6.45) is 1.47. The molecule has 1 aromatic heterocycles. The number of benzene rings is 4. The lowest BCUT2D eigenvalue weighted by Crippen LogP contribution is -2.20. The van der Waals surface area contributed by atoms with Crippen LogP contribution in [0, 0.1) is 6.92 Å². The summed E-state index contributed by atoms with van der Waals surface area (Å²) in [6.45, 7) is 1.77. The molecule has 10 heteroatoms. The van der Waals surface area contributed by atoms with Crippen LogP contribution in [0.15, 0.2) is 112 Å². The molecule has 0 radical (unpaired) electrons. The van der Waals surface area contributed by atoms with E-state index in [9.17, 15) is 9.59 Å². The van der Waals surface area contributed by atoms with Gasteiger partial charge in [0.05, 0.1) is 11.9 Å². The highest BCUT2D eigenvalue weighted by Crippen LogP contribution is 2.27. The quantitative estimate of drug-likeness (QED) is 0.109. The van der Waals surface area contributed by atoms with Gasteiger partial charge in [-0.15, -0.1) is 11.3 Å². The van der Waals surface area contributed by atoms with Crippen molar-refractivity contribution < 1.29 is 14.3 Å². The van der Waals surface area contributed by atoms with Crippen molar-refractivity contribution >= 4 is 61.8 Å². The lowest BCUT2D eigenvalue weighted by atomic mass is 10.1. The maximum atomic E-state index is 12.7. The fourth-order valence-corrected chi connectivity index (χ4v) is 5.06. The number of hydrogen-bond donors (Lipinski definition) is 3. The topological polar surface area (TPSA) is 105 Å². The zero-order valence-electron chi connectivity index (χ0n) is 22.5. The number of hydrazone groups is 1. The van der Waals surface area contributed by atoms with E-state index in [1.54, 1.807) is 30.3 Å². The van der Waals surface area contributed by atoms with Gasteiger partial charge in [0, 0.05) is 37.9 Å². The van der Waals surface area contributed by atoms with Crippen LogP contribution in [0.2, 0.25) is 0 Å². The summed E-state index contributed by atoms with van der Waals surface area (Å²) in [5, 5.41) is 13.0. The number of halogens is 1. The minimum Gasteiger partial charge on any atom is -0.483 e. The molecule has 0 atom stereocenters. The zero-order valence-corrected chi connectivity index (χ0v) is 24.9. The second kappa shape index (κ2) is 13.7. The lowest BCUT2D eigenvalue weighted by Gasteiger charge is -2.10. The van der Waals surface area contributed by atoms with Crippen LogP contribution in [-0.2, 0) is 4.79 Å². The van der Waals surface area contributed by atoms with Crippen molar-refractivity contribution in [3.8, 4) is 17.0 Å². The predicted octanol–water partition coefficient (Wildman–Crippen LogP) is 7.41. The molecule has 3 N–H and O–H groups in total. The van der Waals surface area contributed by atoms with Crippen molar-refractivity contribution in [2.45, 2.75) is 6.92 Å². The highest BCUT2D eigenvalue weighted by atomic mass is 79.9. The number of nitrogens with one attached hydrogen (secondary N) is 3. The van der Waals surface area contributed by atoms with Crippen molar-refractivity contribution in [1.82, 2.24) is 10.4 Å². The van der Waals surface area contributed by atoms with Gasteiger partial charge in [0.15, 0.2) is 11.7 Å². The molecule has 0 aliphatic carbocycles. The Morgan fingerprint density at radius 1 is 0.952 bits per heavy atom. The first-order valence-corrected chi connectivity index (χ1v) is 14.6. The molecule has 210 valence electrons. The van der Waals surface area contributed by atoms with Gasteiger partial charge in [-0.2, -0.15) is 5.10 Å². The number of aromatic nitrogens is 1. The number of nitrogens with zero attached hydrogens (tertiary/aromatic N) is 2. The molecule has 0 fully saturated rings. The Hall–Kier alpha value is -4.80. The number of ether oxygens (including phenoxy) is 1. The van der Waals surface area contributed by atoms with Crippen LogP contribution < -0.4 is 20.8 Å². The molecule has 0 spiro atoms. The molecule has 0 aliphatic rings. The van der Waals surface area contributed by atoms with Crippen LogP contribution in [0.4, 0.5) is 16.5 Å². The van der Waals surface area contributed by atoms with E-state index < -0.39 is 0 Å². The van der Waals surface area contributed by atoms with E-state index >= 15 is 0 Å². The first-order chi connectivity index (χ1) is 20.4. The van der Waals surface area contributed by atoms with Crippen LogP contribution in [0.5, 0.6) is 5.75 Å². The standard InChI is InChI=1S/C32H26BrN5O3S/c1-21-6-5-9-27(16-21)35-30(39)19-41-29-15-14-25(33)17-24(29)18-34-38-31(40)23-12-10-22(11-13-23)28-20-42-32(37-28)36-26-7-3-2-4-8-26/h2-18,20H,19H2,1H3,(H,35,39)(H,36,37)(H,38,40)/b34-18+. The van der Waals surface area contributed by atoms with Gasteiger partial charge in [0.1, 0.15) is 5.75 Å². The number of anilines is 3. The van der Waals surface area contributed by atoms with Gasteiger partial charge in [-0.1, -0.05) is 58.4 Å². The molecular weight excluding hydrogens is 614 g/mol. The number of rotatable bonds is 10. The molecule has 0 saturated heterocycles. The number of aryl methyl sites for hydroxylation is 1. The van der Waals surface area contributed by atoms with Gasteiger partial charge in [0.2, 0.25) is 0 Å². The monoisotopic (exact) mass is 639 g/mol. The van der Waals surface area contributed by atoms with Crippen molar-refractivity contribution in [1.29, 1.82) is 0 Å². The first kappa shape index (κ1) is 28.7. The van der Waals surface area contributed by atoms with Gasteiger partial charge in [-0.05, 0) is 67.1 Å². The fourth-order valence-electron chi connectivity index (χ4n) is 3.94. The third kappa shape index (κ3) is 7.90. The molecule has 0 bridgehead atoms. The van der Waals surface area contributed by atoms with E-state index in [1.807, 2.05) is 79.0 Å². The van der Waals surface area contributed by atoms with Crippen LogP contribution in [0.25, 0.3) is 11.3 Å². The maximum Gasteiger partial charge on any atom is 0.271 e. The van der Waals surface area contributed by atoms with Crippen molar-refractivity contribution in [3.63, 3.8) is 0 Å². The molecule has 1 heterocycles. The van der Waals surface area contributed by atoms with Crippen molar-refractivity contribution in [2.24, 2.45) is 5.10 Å². The zero-order chi connectivity index (χ0) is 29.3. The third-order valence-electron chi connectivity index (χ3n) is 5.97. The summed E-state index contributed by atoms with van der Waals surface area (Å²) in [7, 11) is 0. The molecule has 5 rings (SSSR count). The molecule has 4 aromatic carbocycles. The van der Waals surface area contributed by atoms with E-state index in [1.165, 1.54) is 17.6 Å². The Balaban J connectivity index is 1.17. The summed E-state index contributed by atoms with van der Waals surface area (Å²) in [5.74, 6) is -0.202. The molecule has 2 amide bonds. The molecule has 5 aromatic rings. The average Bonchev–Trinajstić information content (AvgIpc) is 3.46. The predicted molar refractivity (Wildman–Crippen MR) is 172 cm³/mol. The number of carbonyl (C=O) groups is 2. The van der Waals surface area contributed by atoms with E-state index in [0.29, 0.717) is 22.6 Å². The number of carbonyl (C=O) groups excluding carboxylic acids is 2. The second-order valence-electron chi connectivity index (χ2n) is 9.19. The fraction of sp³-hybridized carbons (Fsp3) is 0.0625. The van der Waals surface area contributed by atoms with Gasteiger partial charge in [0.25, 0.3) is 11.8 Å². The second-order valence-corrected chi connectivity index (χ2v) is 11.0. The SMILES string of the molecule is Cc1cccc(NC(=O)COc2ccc(Br)cc2/C=N/NC(=O)c2ccc(-c3csc(Nc4ccccc4)n3)cc2)c1. The van der Waals surface area contributed by atoms with Crippen LogP contribution >= 0.6 is 27.3 Å². The van der Waals surface area contributed by atoms with E-state index in [0.717, 1.165) is 32.1 Å². The number of amides is 2. The minimum atomic E-state index is -0.363. The smallest absolute Gasteiger partial charge is 0.271 e. The maximum absolute atomic E-state index is 12.7. The number of para-hydroxylation sites is 1. The van der Waals surface area contributed by atoms with Crippen LogP contribution in [0.3, 0.4) is 0 Å². The Kier molecular flexibility index (Phi) is 9.37. The Morgan fingerprint density at radius 2 is 1.74 bits per heavy atom. The largest absolute Gasteiger partial charge is 0.483 e. The normalized spacial score (nSPS) is 10.8. The van der Waals surface area contributed by atoms with Gasteiger partial charge < -0.3 is 15.4 Å². The third-order valence-corrected chi connectivity index (χ3v) is 7.23.